The molecule has 0 bridgehead atoms. The number of ether oxygens (including phenoxy) is 1. The van der Waals surface area contributed by atoms with Crippen molar-refractivity contribution in [1.82, 2.24) is 0 Å². The van der Waals surface area contributed by atoms with Crippen LogP contribution >= 0.6 is 23.2 Å². The van der Waals surface area contributed by atoms with Crippen molar-refractivity contribution >= 4 is 23.2 Å². The summed E-state index contributed by atoms with van der Waals surface area (Å²) in [5.74, 6) is 0.754. The lowest BCUT2D eigenvalue weighted by molar-refractivity contribution is -0.0672. The zero-order valence-electron chi connectivity index (χ0n) is 11.5. The maximum absolute atomic E-state index is 6.45. The summed E-state index contributed by atoms with van der Waals surface area (Å²) in [6.45, 7) is 2.28. The van der Waals surface area contributed by atoms with Crippen molar-refractivity contribution in [3.05, 3.63) is 33.8 Å². The second kappa shape index (κ2) is 6.01. The second-order valence-corrected chi connectivity index (χ2v) is 6.42. The largest absolute Gasteiger partial charge is 0.376 e. The fraction of sp³-hybridized carbons (Fsp3) is 0.600. The van der Waals surface area contributed by atoms with Crippen molar-refractivity contribution in [2.45, 2.75) is 44.2 Å². The minimum Gasteiger partial charge on any atom is -0.376 e. The molecule has 19 heavy (non-hydrogen) atoms. The lowest BCUT2D eigenvalue weighted by Crippen LogP contribution is -2.45. The van der Waals surface area contributed by atoms with Gasteiger partial charge in [-0.3, -0.25) is 0 Å². The van der Waals surface area contributed by atoms with E-state index in [0.717, 1.165) is 37.2 Å². The second-order valence-electron chi connectivity index (χ2n) is 5.60. The topological polar surface area (TPSA) is 35.2 Å². The van der Waals surface area contributed by atoms with E-state index in [1.54, 1.807) is 13.2 Å². The van der Waals surface area contributed by atoms with E-state index >= 15 is 0 Å². The third-order valence-corrected chi connectivity index (χ3v) is 5.14. The van der Waals surface area contributed by atoms with E-state index in [4.69, 9.17) is 33.7 Å². The van der Waals surface area contributed by atoms with Crippen LogP contribution in [0.15, 0.2) is 18.2 Å². The molecule has 0 aliphatic heterocycles. The zero-order chi connectivity index (χ0) is 14.0. The van der Waals surface area contributed by atoms with Gasteiger partial charge in [0.05, 0.1) is 21.7 Å². The summed E-state index contributed by atoms with van der Waals surface area (Å²) < 4.78 is 5.81. The van der Waals surface area contributed by atoms with Gasteiger partial charge in [0.1, 0.15) is 0 Å². The van der Waals surface area contributed by atoms with Crippen LogP contribution in [0, 0.1) is 5.92 Å². The smallest absolute Gasteiger partial charge is 0.0870 e. The summed E-state index contributed by atoms with van der Waals surface area (Å²) in [5.41, 5.74) is 7.17. The SMILES string of the molecule is COC1(C(N)c2ccc(Cl)c(Cl)c2)CCC(C)CC1. The van der Waals surface area contributed by atoms with Crippen molar-refractivity contribution < 1.29 is 4.74 Å². The molecule has 0 heterocycles. The van der Waals surface area contributed by atoms with Gasteiger partial charge in [0, 0.05) is 7.11 Å². The standard InChI is InChI=1S/C15H21Cl2NO/c1-10-5-7-15(19-2,8-6-10)14(18)11-3-4-12(16)13(17)9-11/h3-4,9-10,14H,5-8,18H2,1-2H3. The minimum absolute atomic E-state index is 0.167. The number of hydrogen-bond acceptors (Lipinski definition) is 2. The molecule has 1 unspecified atom stereocenters. The van der Waals surface area contributed by atoms with E-state index < -0.39 is 0 Å². The maximum Gasteiger partial charge on any atom is 0.0870 e. The summed E-state index contributed by atoms with van der Waals surface area (Å²) in [6.07, 6.45) is 4.30. The van der Waals surface area contributed by atoms with Crippen LogP contribution in [0.4, 0.5) is 0 Å². The van der Waals surface area contributed by atoms with Gasteiger partial charge in [-0.15, -0.1) is 0 Å². The number of halogens is 2. The molecule has 1 aliphatic rings. The van der Waals surface area contributed by atoms with Gasteiger partial charge >= 0.3 is 0 Å². The van der Waals surface area contributed by atoms with Crippen LogP contribution in [-0.4, -0.2) is 12.7 Å². The molecular formula is C15H21Cl2NO. The van der Waals surface area contributed by atoms with Gasteiger partial charge in [0.25, 0.3) is 0 Å². The Labute approximate surface area is 125 Å². The Bertz CT molecular complexity index is 442. The highest BCUT2D eigenvalue weighted by molar-refractivity contribution is 6.42. The average Bonchev–Trinajstić information content (AvgIpc) is 2.42. The predicted octanol–water partition coefficient (Wildman–Crippen LogP) is 4.59. The Morgan fingerprint density at radius 3 is 2.42 bits per heavy atom. The van der Waals surface area contributed by atoms with Gasteiger partial charge in [-0.2, -0.15) is 0 Å². The summed E-state index contributed by atoms with van der Waals surface area (Å²) in [5, 5.41) is 1.10. The first-order valence-corrected chi connectivity index (χ1v) is 7.50. The molecule has 4 heteroatoms. The highest BCUT2D eigenvalue weighted by Crippen LogP contribution is 2.42. The summed E-state index contributed by atoms with van der Waals surface area (Å²) >= 11 is 12.0. The molecule has 1 aromatic rings. The fourth-order valence-electron chi connectivity index (χ4n) is 2.90. The third kappa shape index (κ3) is 3.08. The maximum atomic E-state index is 6.45. The van der Waals surface area contributed by atoms with E-state index in [9.17, 15) is 0 Å². The minimum atomic E-state index is -0.274. The van der Waals surface area contributed by atoms with Crippen LogP contribution in [0.3, 0.4) is 0 Å². The van der Waals surface area contributed by atoms with Gasteiger partial charge in [0.2, 0.25) is 0 Å². The van der Waals surface area contributed by atoms with E-state index in [1.165, 1.54) is 0 Å². The van der Waals surface area contributed by atoms with E-state index in [-0.39, 0.29) is 11.6 Å². The number of methoxy groups -OCH3 is 1. The highest BCUT2D eigenvalue weighted by atomic mass is 35.5. The number of rotatable bonds is 3. The number of benzene rings is 1. The lowest BCUT2D eigenvalue weighted by atomic mass is 9.74. The van der Waals surface area contributed by atoms with Crippen molar-refractivity contribution in [1.29, 1.82) is 0 Å². The Hall–Kier alpha value is -0.280. The van der Waals surface area contributed by atoms with Crippen molar-refractivity contribution in [2.75, 3.05) is 7.11 Å². The molecule has 2 N–H and O–H groups in total. The first kappa shape index (κ1) is 15.1. The Kier molecular flexibility index (Phi) is 4.78. The van der Waals surface area contributed by atoms with Crippen LogP contribution in [0.5, 0.6) is 0 Å². The van der Waals surface area contributed by atoms with Gasteiger partial charge in [-0.05, 0) is 49.3 Å². The van der Waals surface area contributed by atoms with Gasteiger partial charge in [0.15, 0.2) is 0 Å². The molecule has 1 fully saturated rings. The highest BCUT2D eigenvalue weighted by Gasteiger charge is 2.40. The molecular weight excluding hydrogens is 281 g/mol. The van der Waals surface area contributed by atoms with E-state index in [0.29, 0.717) is 10.0 Å². The Morgan fingerprint density at radius 2 is 1.89 bits per heavy atom. The Balaban J connectivity index is 2.25. The number of hydrogen-bond donors (Lipinski definition) is 1. The summed E-state index contributed by atoms with van der Waals surface area (Å²) in [6, 6.07) is 5.43. The molecule has 2 nitrogen and oxygen atoms in total. The lowest BCUT2D eigenvalue weighted by Gasteiger charge is -2.42. The van der Waals surface area contributed by atoms with E-state index in [1.807, 2.05) is 12.1 Å². The third-order valence-electron chi connectivity index (χ3n) is 4.40. The first-order valence-electron chi connectivity index (χ1n) is 6.74. The molecule has 0 spiro atoms. The van der Waals surface area contributed by atoms with Crippen LogP contribution in [0.2, 0.25) is 10.0 Å². The molecule has 1 saturated carbocycles. The molecule has 1 aromatic carbocycles. The summed E-state index contributed by atoms with van der Waals surface area (Å²) in [7, 11) is 1.76. The monoisotopic (exact) mass is 301 g/mol. The predicted molar refractivity (Wildman–Crippen MR) is 80.8 cm³/mol. The fourth-order valence-corrected chi connectivity index (χ4v) is 3.21. The van der Waals surface area contributed by atoms with Crippen LogP contribution in [-0.2, 0) is 4.74 Å². The van der Waals surface area contributed by atoms with Crippen LogP contribution < -0.4 is 5.73 Å². The molecule has 0 amide bonds. The Morgan fingerprint density at radius 1 is 1.26 bits per heavy atom. The van der Waals surface area contributed by atoms with Crippen molar-refractivity contribution in [3.8, 4) is 0 Å². The van der Waals surface area contributed by atoms with E-state index in [2.05, 4.69) is 6.92 Å². The van der Waals surface area contributed by atoms with Gasteiger partial charge in [-0.1, -0.05) is 36.2 Å². The van der Waals surface area contributed by atoms with Crippen LogP contribution in [0.25, 0.3) is 0 Å². The van der Waals surface area contributed by atoms with Crippen molar-refractivity contribution in [2.24, 2.45) is 11.7 Å². The van der Waals surface area contributed by atoms with Gasteiger partial charge in [-0.25, -0.2) is 0 Å². The molecule has 0 aromatic heterocycles. The molecule has 0 radical (unpaired) electrons. The molecule has 1 aliphatic carbocycles. The molecule has 1 atom stereocenters. The summed E-state index contributed by atoms with van der Waals surface area (Å²) in [4.78, 5) is 0. The first-order chi connectivity index (χ1) is 8.98. The molecule has 0 saturated heterocycles. The number of nitrogens with two attached hydrogens (primary N) is 1. The molecule has 2 rings (SSSR count). The van der Waals surface area contributed by atoms with Crippen LogP contribution in [0.1, 0.15) is 44.2 Å². The average molecular weight is 302 g/mol. The van der Waals surface area contributed by atoms with Crippen molar-refractivity contribution in [3.63, 3.8) is 0 Å². The molecule has 106 valence electrons. The van der Waals surface area contributed by atoms with Gasteiger partial charge < -0.3 is 10.5 Å². The normalized spacial score (nSPS) is 29.2. The quantitative estimate of drug-likeness (QED) is 0.886. The zero-order valence-corrected chi connectivity index (χ0v) is 13.0.